The molecular weight excluding hydrogens is 492 g/mol. The summed E-state index contributed by atoms with van der Waals surface area (Å²) >= 11 is 1.34. The van der Waals surface area contributed by atoms with Crippen molar-refractivity contribution in [2.45, 2.75) is 57.9 Å². The third-order valence-electron chi connectivity index (χ3n) is 4.66. The highest BCUT2D eigenvalue weighted by molar-refractivity contribution is 7.98. The molecule has 0 saturated carbocycles. The lowest BCUT2D eigenvalue weighted by molar-refractivity contribution is -0.186. The van der Waals surface area contributed by atoms with Crippen molar-refractivity contribution in [2.75, 3.05) is 32.7 Å². The van der Waals surface area contributed by atoms with E-state index in [9.17, 15) is 14.4 Å². The second-order valence-electron chi connectivity index (χ2n) is 8.02. The summed E-state index contributed by atoms with van der Waals surface area (Å²) in [4.78, 5) is 49.9. The standard InChI is InChI=1S/C22H32N6O7S/c1-12(34-14(3)30)19(35-15(4)31)17(9-32-13(2)29)33-11-28-8-16(23)18-20(24-10-27(5)6)25-22(36-7)26-21(18)28/h8,10,12,17,19H,9,11,23H2,1-7H3/t12-,17+,19-/m0/s1. The number of ether oxygens (including phenoxy) is 4. The third-order valence-corrected chi connectivity index (χ3v) is 5.21. The first-order valence-electron chi connectivity index (χ1n) is 10.9. The van der Waals surface area contributed by atoms with Crippen LogP contribution in [0.15, 0.2) is 16.3 Å². The highest BCUT2D eigenvalue weighted by atomic mass is 32.2. The van der Waals surface area contributed by atoms with Crippen LogP contribution in [0, 0.1) is 0 Å². The number of fused-ring (bicyclic) bond motifs is 1. The Morgan fingerprint density at radius 1 is 1.17 bits per heavy atom. The number of carbonyl (C=O) groups excluding carboxylic acids is 3. The van der Waals surface area contributed by atoms with E-state index in [4.69, 9.17) is 24.7 Å². The van der Waals surface area contributed by atoms with Crippen molar-refractivity contribution >= 4 is 58.5 Å². The molecule has 198 valence electrons. The number of rotatable bonds is 12. The molecule has 0 aliphatic carbocycles. The average Bonchev–Trinajstić information content (AvgIpc) is 3.10. The van der Waals surface area contributed by atoms with Crippen LogP contribution in [0.5, 0.6) is 0 Å². The Bertz CT molecular complexity index is 1120. The van der Waals surface area contributed by atoms with Crippen molar-refractivity contribution in [3.05, 3.63) is 6.20 Å². The number of nitrogens with zero attached hydrogens (tertiary/aromatic N) is 5. The van der Waals surface area contributed by atoms with Crippen LogP contribution in [0.25, 0.3) is 11.0 Å². The predicted molar refractivity (Wildman–Crippen MR) is 134 cm³/mol. The van der Waals surface area contributed by atoms with Gasteiger partial charge in [-0.3, -0.25) is 14.4 Å². The molecule has 0 unspecified atom stereocenters. The Labute approximate surface area is 213 Å². The minimum atomic E-state index is -1.05. The molecule has 0 amide bonds. The third kappa shape index (κ3) is 8.09. The van der Waals surface area contributed by atoms with Gasteiger partial charge in [0.05, 0.1) is 17.4 Å². The zero-order chi connectivity index (χ0) is 27.0. The van der Waals surface area contributed by atoms with E-state index in [2.05, 4.69) is 15.0 Å². The van der Waals surface area contributed by atoms with Crippen molar-refractivity contribution in [1.82, 2.24) is 19.4 Å². The van der Waals surface area contributed by atoms with Gasteiger partial charge in [0.25, 0.3) is 0 Å². The number of nitrogens with two attached hydrogens (primary N) is 1. The lowest BCUT2D eigenvalue weighted by atomic mass is 10.1. The van der Waals surface area contributed by atoms with E-state index in [1.807, 2.05) is 20.4 Å². The molecule has 2 aromatic rings. The molecule has 0 saturated heterocycles. The highest BCUT2D eigenvalue weighted by Crippen LogP contribution is 2.32. The number of aromatic nitrogens is 3. The molecule has 13 nitrogen and oxygen atoms in total. The Morgan fingerprint density at radius 3 is 2.39 bits per heavy atom. The second kappa shape index (κ2) is 13.1. The zero-order valence-electron chi connectivity index (χ0n) is 21.4. The summed E-state index contributed by atoms with van der Waals surface area (Å²) in [6.07, 6.45) is 2.16. The van der Waals surface area contributed by atoms with Gasteiger partial charge in [-0.05, 0) is 13.2 Å². The van der Waals surface area contributed by atoms with Crippen molar-refractivity contribution in [3.63, 3.8) is 0 Å². The van der Waals surface area contributed by atoms with Crippen LogP contribution in [0.3, 0.4) is 0 Å². The topological polar surface area (TPSA) is 160 Å². The maximum atomic E-state index is 11.8. The zero-order valence-corrected chi connectivity index (χ0v) is 22.2. The summed E-state index contributed by atoms with van der Waals surface area (Å²) in [5.41, 5.74) is 7.12. The van der Waals surface area contributed by atoms with Gasteiger partial charge < -0.3 is 34.1 Å². The van der Waals surface area contributed by atoms with Crippen molar-refractivity contribution in [3.8, 4) is 0 Å². The number of hydrogen-bond acceptors (Lipinski definition) is 12. The van der Waals surface area contributed by atoms with Crippen LogP contribution in [0.2, 0.25) is 0 Å². The number of anilines is 1. The minimum Gasteiger partial charge on any atom is -0.463 e. The molecule has 0 radical (unpaired) electrons. The van der Waals surface area contributed by atoms with Crippen LogP contribution in [0.4, 0.5) is 11.5 Å². The Kier molecular flexibility index (Phi) is 10.5. The lowest BCUT2D eigenvalue weighted by Gasteiger charge is -2.30. The summed E-state index contributed by atoms with van der Waals surface area (Å²) in [5, 5.41) is 1.02. The van der Waals surface area contributed by atoms with Gasteiger partial charge in [-0.2, -0.15) is 0 Å². The molecule has 0 spiro atoms. The van der Waals surface area contributed by atoms with Crippen LogP contribution < -0.4 is 5.73 Å². The Hall–Kier alpha value is -3.39. The molecule has 2 heterocycles. The van der Waals surface area contributed by atoms with E-state index in [1.165, 1.54) is 32.5 Å². The van der Waals surface area contributed by atoms with E-state index in [0.29, 0.717) is 27.7 Å². The molecule has 14 heteroatoms. The maximum Gasteiger partial charge on any atom is 0.303 e. The molecule has 0 fully saturated rings. The fraction of sp³-hybridized carbons (Fsp3) is 0.545. The van der Waals surface area contributed by atoms with Crippen molar-refractivity contribution < 1.29 is 33.3 Å². The van der Waals surface area contributed by atoms with E-state index in [0.717, 1.165) is 0 Å². The molecule has 0 aliphatic rings. The van der Waals surface area contributed by atoms with Gasteiger partial charge in [0.2, 0.25) is 0 Å². The van der Waals surface area contributed by atoms with Gasteiger partial charge in [0, 0.05) is 41.1 Å². The average molecular weight is 525 g/mol. The minimum absolute atomic E-state index is 0.105. The summed E-state index contributed by atoms with van der Waals surface area (Å²) < 4.78 is 23.4. The van der Waals surface area contributed by atoms with E-state index in [-0.39, 0.29) is 13.3 Å². The lowest BCUT2D eigenvalue weighted by Crippen LogP contribution is -2.45. The SMILES string of the molecule is CSc1nc(N=CN(C)C)c2c(N)cn(CO[C@H](COC(C)=O)[C@@H](OC(C)=O)[C@H](C)OC(C)=O)c2n1. The fourth-order valence-corrected chi connectivity index (χ4v) is 3.59. The number of aliphatic imine (C=N–C) groups is 1. The van der Waals surface area contributed by atoms with Gasteiger partial charge in [-0.25, -0.2) is 15.0 Å². The first-order valence-corrected chi connectivity index (χ1v) is 12.2. The predicted octanol–water partition coefficient (Wildman–Crippen LogP) is 1.75. The van der Waals surface area contributed by atoms with Gasteiger partial charge >= 0.3 is 17.9 Å². The maximum absolute atomic E-state index is 11.8. The van der Waals surface area contributed by atoms with E-state index < -0.39 is 36.2 Å². The molecule has 2 aromatic heterocycles. The molecule has 0 aliphatic heterocycles. The molecule has 0 bridgehead atoms. The van der Waals surface area contributed by atoms with Crippen molar-refractivity contribution in [2.24, 2.45) is 4.99 Å². The molecule has 2 N–H and O–H groups in total. The molecule has 0 aromatic carbocycles. The fourth-order valence-electron chi connectivity index (χ4n) is 3.24. The number of hydrogen-bond donors (Lipinski definition) is 1. The quantitative estimate of drug-likeness (QED) is 0.107. The first-order chi connectivity index (χ1) is 16.9. The highest BCUT2D eigenvalue weighted by Gasteiger charge is 2.34. The van der Waals surface area contributed by atoms with E-state index >= 15 is 0 Å². The smallest absolute Gasteiger partial charge is 0.303 e. The number of nitrogen functional groups attached to an aromatic ring is 1. The summed E-state index contributed by atoms with van der Waals surface area (Å²) in [6.45, 7) is 4.88. The number of carbonyl (C=O) groups is 3. The molecular formula is C22H32N6O7S. The number of esters is 3. The Balaban J connectivity index is 2.44. The van der Waals surface area contributed by atoms with Gasteiger partial charge in [0.1, 0.15) is 25.5 Å². The molecule has 2 rings (SSSR count). The van der Waals surface area contributed by atoms with Crippen LogP contribution in [0.1, 0.15) is 27.7 Å². The normalized spacial score (nSPS) is 13.9. The van der Waals surface area contributed by atoms with Crippen LogP contribution in [-0.2, 0) is 40.1 Å². The summed E-state index contributed by atoms with van der Waals surface area (Å²) in [7, 11) is 3.67. The second-order valence-corrected chi connectivity index (χ2v) is 8.79. The molecule has 3 atom stereocenters. The summed E-state index contributed by atoms with van der Waals surface area (Å²) in [5.74, 6) is -1.34. The van der Waals surface area contributed by atoms with Gasteiger partial charge in [-0.15, -0.1) is 0 Å². The van der Waals surface area contributed by atoms with Crippen LogP contribution in [-0.4, -0.2) is 89.0 Å². The number of thioether (sulfide) groups is 1. The Morgan fingerprint density at radius 2 is 1.83 bits per heavy atom. The van der Waals surface area contributed by atoms with Gasteiger partial charge in [-0.1, -0.05) is 11.8 Å². The van der Waals surface area contributed by atoms with Crippen LogP contribution >= 0.6 is 11.8 Å². The summed E-state index contributed by atoms with van der Waals surface area (Å²) in [6, 6.07) is 0. The monoisotopic (exact) mass is 524 g/mol. The van der Waals surface area contributed by atoms with Gasteiger partial charge in [0.15, 0.2) is 22.7 Å². The first kappa shape index (κ1) is 28.8. The van der Waals surface area contributed by atoms with E-state index in [1.54, 1.807) is 28.9 Å². The van der Waals surface area contributed by atoms with Crippen molar-refractivity contribution in [1.29, 1.82) is 0 Å². The molecule has 36 heavy (non-hydrogen) atoms. The largest absolute Gasteiger partial charge is 0.463 e.